The molecule has 1 unspecified atom stereocenters. The third kappa shape index (κ3) is 6.98. The largest absolute Gasteiger partial charge is 0.479 e. The standard InChI is InChI=1S/C20H24N6O8S/c1-25(2)13-8-7-12(11-22)10-15(13)34-18-16(26(29)30)17(23-20(24-18)35(3,31)32)33-14(19(27)28)6-4-5-9-21/h7-8,10,14H,4-6,9,21H2,1-3H3,(H,27,28). The van der Waals surface area contributed by atoms with Gasteiger partial charge in [0.25, 0.3) is 5.16 Å². The summed E-state index contributed by atoms with van der Waals surface area (Å²) in [6.07, 6.45) is -0.0619. The Morgan fingerprint density at radius 2 is 1.97 bits per heavy atom. The van der Waals surface area contributed by atoms with Crippen molar-refractivity contribution in [3.05, 3.63) is 33.9 Å². The van der Waals surface area contributed by atoms with Gasteiger partial charge < -0.3 is 25.2 Å². The van der Waals surface area contributed by atoms with Gasteiger partial charge in [-0.05, 0) is 37.9 Å². The Bertz CT molecular complexity index is 1260. The van der Waals surface area contributed by atoms with Gasteiger partial charge in [0.15, 0.2) is 11.9 Å². The average molecular weight is 509 g/mol. The molecule has 1 aromatic heterocycles. The van der Waals surface area contributed by atoms with Crippen LogP contribution in [0, 0.1) is 21.4 Å². The van der Waals surface area contributed by atoms with Crippen LogP contribution in [-0.4, -0.2) is 67.4 Å². The van der Waals surface area contributed by atoms with E-state index >= 15 is 0 Å². The van der Waals surface area contributed by atoms with Gasteiger partial charge in [-0.2, -0.15) is 15.2 Å². The first-order valence-corrected chi connectivity index (χ1v) is 12.0. The number of unbranched alkanes of at least 4 members (excludes halogenated alkanes) is 1. The molecule has 0 fully saturated rings. The molecule has 1 atom stereocenters. The highest BCUT2D eigenvalue weighted by atomic mass is 32.2. The number of benzene rings is 1. The minimum atomic E-state index is -4.13. The van der Waals surface area contributed by atoms with Gasteiger partial charge >= 0.3 is 23.4 Å². The van der Waals surface area contributed by atoms with Gasteiger partial charge in [-0.1, -0.05) is 0 Å². The lowest BCUT2D eigenvalue weighted by molar-refractivity contribution is -0.387. The fourth-order valence-corrected chi connectivity index (χ4v) is 3.35. The molecule has 0 saturated carbocycles. The van der Waals surface area contributed by atoms with Crippen LogP contribution in [0.3, 0.4) is 0 Å². The molecule has 0 aliphatic rings. The summed E-state index contributed by atoms with van der Waals surface area (Å²) in [5, 5.41) is 29.8. The van der Waals surface area contributed by atoms with Crippen molar-refractivity contribution in [2.24, 2.45) is 5.73 Å². The van der Waals surface area contributed by atoms with Crippen molar-refractivity contribution in [1.82, 2.24) is 9.97 Å². The minimum absolute atomic E-state index is 0.0426. The summed E-state index contributed by atoms with van der Waals surface area (Å²) in [4.78, 5) is 31.5. The molecule has 188 valence electrons. The number of hydrogen-bond donors (Lipinski definition) is 2. The first-order valence-electron chi connectivity index (χ1n) is 10.1. The minimum Gasteiger partial charge on any atom is -0.479 e. The summed E-state index contributed by atoms with van der Waals surface area (Å²) in [7, 11) is -0.829. The highest BCUT2D eigenvalue weighted by Gasteiger charge is 2.34. The maximum absolute atomic E-state index is 12.2. The molecule has 0 radical (unpaired) electrons. The maximum atomic E-state index is 12.2. The highest BCUT2D eigenvalue weighted by molar-refractivity contribution is 7.90. The van der Waals surface area contributed by atoms with Crippen molar-refractivity contribution in [2.75, 3.05) is 31.8 Å². The summed E-state index contributed by atoms with van der Waals surface area (Å²) in [5.41, 5.74) is 4.99. The summed E-state index contributed by atoms with van der Waals surface area (Å²) in [6, 6.07) is 6.21. The molecule has 0 aliphatic carbocycles. The molecule has 14 nitrogen and oxygen atoms in total. The number of ether oxygens (including phenoxy) is 2. The van der Waals surface area contributed by atoms with Crippen LogP contribution in [0.4, 0.5) is 11.4 Å². The molecule has 35 heavy (non-hydrogen) atoms. The van der Waals surface area contributed by atoms with E-state index < -0.39 is 49.4 Å². The van der Waals surface area contributed by atoms with Crippen molar-refractivity contribution in [3.63, 3.8) is 0 Å². The monoisotopic (exact) mass is 508 g/mol. The third-order valence-corrected chi connectivity index (χ3v) is 5.39. The van der Waals surface area contributed by atoms with Gasteiger partial charge in [0.1, 0.15) is 0 Å². The topological polar surface area (TPSA) is 212 Å². The summed E-state index contributed by atoms with van der Waals surface area (Å²) in [6.45, 7) is 0.298. The van der Waals surface area contributed by atoms with Gasteiger partial charge in [-0.15, -0.1) is 0 Å². The number of aromatic nitrogens is 2. The van der Waals surface area contributed by atoms with Crippen molar-refractivity contribution < 1.29 is 32.7 Å². The first-order chi connectivity index (χ1) is 16.4. The molecule has 2 aromatic rings. The number of hydrogen-bond acceptors (Lipinski definition) is 12. The number of carboxylic acids is 1. The predicted molar refractivity (Wildman–Crippen MR) is 122 cm³/mol. The number of carbonyl (C=O) groups is 1. The second-order valence-electron chi connectivity index (χ2n) is 7.51. The van der Waals surface area contributed by atoms with E-state index in [4.69, 9.17) is 15.2 Å². The number of nitrogens with two attached hydrogens (primary N) is 1. The predicted octanol–water partition coefficient (Wildman–Crippen LogP) is 1.48. The first kappa shape index (κ1) is 27.2. The van der Waals surface area contributed by atoms with E-state index in [0.717, 1.165) is 6.26 Å². The SMILES string of the molecule is CN(C)c1ccc(C#N)cc1Oc1nc(S(C)(=O)=O)nc(OC(CCCCN)C(=O)O)c1[N+](=O)[O-]. The van der Waals surface area contributed by atoms with Gasteiger partial charge in [0.05, 0.1) is 22.2 Å². The van der Waals surface area contributed by atoms with E-state index in [-0.39, 0.29) is 17.7 Å². The van der Waals surface area contributed by atoms with E-state index in [1.54, 1.807) is 19.0 Å². The second kappa shape index (κ2) is 11.4. The highest BCUT2D eigenvalue weighted by Crippen LogP contribution is 2.40. The zero-order chi connectivity index (χ0) is 26.3. The smallest absolute Gasteiger partial charge is 0.392 e. The Kier molecular flexibility index (Phi) is 8.87. The summed E-state index contributed by atoms with van der Waals surface area (Å²) >= 11 is 0. The van der Waals surface area contributed by atoms with Crippen molar-refractivity contribution in [2.45, 2.75) is 30.5 Å². The quantitative estimate of drug-likeness (QED) is 0.180. The zero-order valence-electron chi connectivity index (χ0n) is 19.2. The second-order valence-corrected chi connectivity index (χ2v) is 9.42. The molecule has 2 rings (SSSR count). The average Bonchev–Trinajstić information content (AvgIpc) is 2.77. The molecule has 15 heteroatoms. The molecule has 0 amide bonds. The van der Waals surface area contributed by atoms with Crippen LogP contribution in [0.15, 0.2) is 23.4 Å². The number of nitro groups is 1. The number of sulfone groups is 1. The summed E-state index contributed by atoms with van der Waals surface area (Å²) < 4.78 is 35.3. The number of nitrogens with zero attached hydrogens (tertiary/aromatic N) is 5. The molecule has 0 aliphatic heterocycles. The van der Waals surface area contributed by atoms with E-state index in [2.05, 4.69) is 9.97 Å². The van der Waals surface area contributed by atoms with Gasteiger partial charge in [-0.25, -0.2) is 13.2 Å². The van der Waals surface area contributed by atoms with Gasteiger partial charge in [0, 0.05) is 26.4 Å². The fourth-order valence-electron chi connectivity index (χ4n) is 2.85. The Morgan fingerprint density at radius 1 is 1.31 bits per heavy atom. The Balaban J connectivity index is 2.71. The molecular formula is C20H24N6O8S. The van der Waals surface area contributed by atoms with Crippen LogP contribution in [0.25, 0.3) is 0 Å². The van der Waals surface area contributed by atoms with Crippen LogP contribution < -0.4 is 20.1 Å². The summed E-state index contributed by atoms with van der Waals surface area (Å²) in [5.74, 6) is -3.16. The number of aliphatic carboxylic acids is 1. The lowest BCUT2D eigenvalue weighted by Gasteiger charge is -2.18. The van der Waals surface area contributed by atoms with Crippen LogP contribution in [-0.2, 0) is 14.6 Å². The van der Waals surface area contributed by atoms with Crippen LogP contribution in [0.2, 0.25) is 0 Å². The van der Waals surface area contributed by atoms with Gasteiger partial charge in [-0.3, -0.25) is 10.1 Å². The maximum Gasteiger partial charge on any atom is 0.392 e. The van der Waals surface area contributed by atoms with Crippen molar-refractivity contribution >= 4 is 27.2 Å². The molecule has 1 aromatic carbocycles. The Hall–Kier alpha value is -4.03. The van der Waals surface area contributed by atoms with Crippen LogP contribution in [0.5, 0.6) is 17.5 Å². The number of nitriles is 1. The third-order valence-electron chi connectivity index (χ3n) is 4.54. The van der Waals surface area contributed by atoms with Crippen LogP contribution >= 0.6 is 0 Å². The molecule has 0 bridgehead atoms. The molecular weight excluding hydrogens is 484 g/mol. The number of anilines is 1. The van der Waals surface area contributed by atoms with E-state index in [1.807, 2.05) is 6.07 Å². The molecule has 0 saturated heterocycles. The lowest BCUT2D eigenvalue weighted by atomic mass is 10.1. The zero-order valence-corrected chi connectivity index (χ0v) is 20.0. The van der Waals surface area contributed by atoms with Crippen molar-refractivity contribution in [1.29, 1.82) is 5.26 Å². The molecule has 1 heterocycles. The normalized spacial score (nSPS) is 11.9. The molecule has 0 spiro atoms. The molecule has 3 N–H and O–H groups in total. The number of rotatable bonds is 12. The fraction of sp³-hybridized carbons (Fsp3) is 0.400. The Morgan fingerprint density at radius 3 is 2.49 bits per heavy atom. The lowest BCUT2D eigenvalue weighted by Crippen LogP contribution is -2.28. The van der Waals surface area contributed by atoms with E-state index in [0.29, 0.717) is 25.1 Å². The van der Waals surface area contributed by atoms with Gasteiger partial charge in [0.2, 0.25) is 9.84 Å². The van der Waals surface area contributed by atoms with Crippen molar-refractivity contribution in [3.8, 4) is 23.6 Å². The van der Waals surface area contributed by atoms with Crippen LogP contribution in [0.1, 0.15) is 24.8 Å². The number of carboxylic acid groups (broad SMARTS) is 1. The Labute approximate surface area is 201 Å². The van der Waals surface area contributed by atoms with E-state index in [9.17, 15) is 33.7 Å². The van der Waals surface area contributed by atoms with E-state index in [1.165, 1.54) is 18.2 Å².